The van der Waals surface area contributed by atoms with E-state index in [4.69, 9.17) is 9.97 Å². The van der Waals surface area contributed by atoms with E-state index in [2.05, 4.69) is 128 Å². The summed E-state index contributed by atoms with van der Waals surface area (Å²) in [5.74, 6) is 0.685. The highest BCUT2D eigenvalue weighted by Crippen LogP contribution is 2.33. The molecule has 0 atom stereocenters. The number of benzene rings is 4. The van der Waals surface area contributed by atoms with Crippen LogP contribution in [0.4, 0.5) is 0 Å². The predicted octanol–water partition coefficient (Wildman–Crippen LogP) is 8.76. The van der Waals surface area contributed by atoms with Gasteiger partial charge in [-0.1, -0.05) is 97.9 Å². The van der Waals surface area contributed by atoms with E-state index >= 15 is 0 Å². The van der Waals surface area contributed by atoms with Crippen LogP contribution < -0.4 is 0 Å². The van der Waals surface area contributed by atoms with Gasteiger partial charge in [-0.05, 0) is 54.3 Å². The molecule has 0 unspecified atom stereocenters. The van der Waals surface area contributed by atoms with Gasteiger partial charge in [-0.15, -0.1) is 0 Å². The highest BCUT2D eigenvalue weighted by molar-refractivity contribution is 6.09. The molecule has 0 N–H and O–H groups in total. The summed E-state index contributed by atoms with van der Waals surface area (Å²) >= 11 is 0. The Hall–Kier alpha value is -4.50. The fraction of sp³-hybridized carbons (Fsp3) is 0.0909. The number of fused-ring (bicyclic) bond motifs is 4. The number of nitrogens with zero attached hydrogens (tertiary/aromatic N) is 3. The zero-order valence-electron chi connectivity index (χ0n) is 20.5. The maximum Gasteiger partial charge on any atom is 0.235 e. The largest absolute Gasteiger partial charge is 0.278 e. The Morgan fingerprint density at radius 2 is 1.39 bits per heavy atom. The van der Waals surface area contributed by atoms with Crippen molar-refractivity contribution in [3.63, 3.8) is 0 Å². The molecule has 0 aliphatic carbocycles. The lowest BCUT2D eigenvalue weighted by Gasteiger charge is -2.13. The van der Waals surface area contributed by atoms with Crippen molar-refractivity contribution in [2.24, 2.45) is 0 Å². The van der Waals surface area contributed by atoms with Gasteiger partial charge >= 0.3 is 0 Å². The first-order chi connectivity index (χ1) is 17.8. The molecule has 0 saturated heterocycles. The predicted molar refractivity (Wildman–Crippen MR) is 152 cm³/mol. The smallest absolute Gasteiger partial charge is 0.235 e. The molecule has 0 bridgehead atoms. The second-order valence-electron chi connectivity index (χ2n) is 8.89. The molecule has 0 radical (unpaired) electrons. The van der Waals surface area contributed by atoms with Crippen LogP contribution in [0.25, 0.3) is 55.4 Å². The number of hydrogen-bond donors (Lipinski definition) is 0. The quantitative estimate of drug-likeness (QED) is 0.238. The first-order valence-corrected chi connectivity index (χ1v) is 12.5. The Labute approximate surface area is 211 Å². The summed E-state index contributed by atoms with van der Waals surface area (Å²) in [6.07, 6.45) is 7.46. The molecule has 0 fully saturated rings. The molecule has 0 saturated carbocycles. The van der Waals surface area contributed by atoms with E-state index in [9.17, 15) is 0 Å². The van der Waals surface area contributed by atoms with Crippen LogP contribution in [0.2, 0.25) is 0 Å². The monoisotopic (exact) mass is 465 g/mol. The molecule has 3 heteroatoms. The Morgan fingerprint density at radius 1 is 0.722 bits per heavy atom. The van der Waals surface area contributed by atoms with Crippen molar-refractivity contribution in [2.45, 2.75) is 20.3 Å². The van der Waals surface area contributed by atoms with Crippen molar-refractivity contribution < 1.29 is 0 Å². The van der Waals surface area contributed by atoms with Crippen LogP contribution in [-0.4, -0.2) is 14.5 Å². The summed E-state index contributed by atoms with van der Waals surface area (Å²) in [5.41, 5.74) is 7.51. The van der Waals surface area contributed by atoms with E-state index in [0.29, 0.717) is 5.95 Å². The Balaban J connectivity index is 1.69. The van der Waals surface area contributed by atoms with Gasteiger partial charge in [0.2, 0.25) is 5.95 Å². The number of allylic oxidation sites excluding steroid dienone is 4. The number of para-hydroxylation sites is 2. The van der Waals surface area contributed by atoms with Gasteiger partial charge in [0.15, 0.2) is 0 Å². The van der Waals surface area contributed by atoms with Crippen molar-refractivity contribution in [1.82, 2.24) is 14.5 Å². The zero-order valence-corrected chi connectivity index (χ0v) is 20.5. The third-order valence-electron chi connectivity index (χ3n) is 6.69. The lowest BCUT2D eigenvalue weighted by Crippen LogP contribution is -2.05. The van der Waals surface area contributed by atoms with Crippen molar-refractivity contribution in [3.8, 4) is 17.1 Å². The van der Waals surface area contributed by atoms with E-state index in [1.54, 1.807) is 0 Å². The molecule has 6 rings (SSSR count). The highest BCUT2D eigenvalue weighted by Gasteiger charge is 2.17. The molecule has 0 aliphatic rings. The van der Waals surface area contributed by atoms with Gasteiger partial charge in [0, 0.05) is 16.2 Å². The average molecular weight is 466 g/mol. The third kappa shape index (κ3) is 3.70. The summed E-state index contributed by atoms with van der Waals surface area (Å²) in [6.45, 7) is 4.22. The Morgan fingerprint density at radius 3 is 2.06 bits per heavy atom. The van der Waals surface area contributed by atoms with Gasteiger partial charge in [0.1, 0.15) is 0 Å². The van der Waals surface area contributed by atoms with Crippen molar-refractivity contribution in [3.05, 3.63) is 121 Å². The van der Waals surface area contributed by atoms with Crippen LogP contribution in [0.5, 0.6) is 0 Å². The van der Waals surface area contributed by atoms with Gasteiger partial charge in [-0.25, -0.2) is 9.97 Å². The fourth-order valence-electron chi connectivity index (χ4n) is 4.94. The number of aromatic nitrogens is 3. The van der Waals surface area contributed by atoms with Gasteiger partial charge < -0.3 is 0 Å². The summed E-state index contributed by atoms with van der Waals surface area (Å²) in [6, 6.07) is 33.9. The second-order valence-corrected chi connectivity index (χ2v) is 8.89. The Bertz CT molecular complexity index is 1720. The molecule has 0 spiro atoms. The first kappa shape index (κ1) is 22.0. The molecule has 2 heterocycles. The van der Waals surface area contributed by atoms with Crippen LogP contribution in [0.15, 0.2) is 115 Å². The molecule has 6 aromatic rings. The van der Waals surface area contributed by atoms with Crippen molar-refractivity contribution in [2.75, 3.05) is 0 Å². The van der Waals surface area contributed by atoms with E-state index in [1.165, 1.54) is 16.3 Å². The summed E-state index contributed by atoms with van der Waals surface area (Å²) in [5, 5.41) is 3.45. The first-order valence-electron chi connectivity index (χ1n) is 12.5. The molecular formula is C33H27N3. The van der Waals surface area contributed by atoms with Crippen LogP contribution >= 0.6 is 0 Å². The third-order valence-corrected chi connectivity index (χ3v) is 6.69. The van der Waals surface area contributed by atoms with Crippen LogP contribution in [0, 0.1) is 0 Å². The molecule has 36 heavy (non-hydrogen) atoms. The molecule has 0 amide bonds. The zero-order chi connectivity index (χ0) is 24.5. The maximum atomic E-state index is 5.20. The normalized spacial score (nSPS) is 12.3. The maximum absolute atomic E-state index is 5.20. The Kier molecular flexibility index (Phi) is 5.67. The van der Waals surface area contributed by atoms with Gasteiger partial charge in [0.05, 0.1) is 22.2 Å². The van der Waals surface area contributed by atoms with Crippen LogP contribution in [0.3, 0.4) is 0 Å². The molecule has 0 aliphatic heterocycles. The van der Waals surface area contributed by atoms with E-state index in [-0.39, 0.29) is 0 Å². The fourth-order valence-corrected chi connectivity index (χ4v) is 4.94. The number of hydrogen-bond acceptors (Lipinski definition) is 2. The van der Waals surface area contributed by atoms with Gasteiger partial charge in [-0.2, -0.15) is 0 Å². The second kappa shape index (κ2) is 9.27. The molecule has 2 aromatic heterocycles. The van der Waals surface area contributed by atoms with Crippen molar-refractivity contribution in [1.29, 1.82) is 0 Å². The van der Waals surface area contributed by atoms with E-state index < -0.39 is 0 Å². The molecule has 4 aromatic carbocycles. The molecule has 3 nitrogen and oxygen atoms in total. The average Bonchev–Trinajstić information content (AvgIpc) is 3.28. The summed E-state index contributed by atoms with van der Waals surface area (Å²) in [7, 11) is 0. The number of rotatable bonds is 5. The minimum atomic E-state index is 0.685. The minimum absolute atomic E-state index is 0.685. The van der Waals surface area contributed by atoms with Crippen LogP contribution in [0.1, 0.15) is 26.0 Å². The molecular weight excluding hydrogens is 438 g/mol. The standard InChI is InChI=1S/C33H27N3/c1-3-5-13-23(4-2)32-28-21-20-25(24-14-7-6-8-15-24)22-29(28)34-33(35-32)36-30-18-11-9-16-26(30)27-17-10-12-19-31(27)36/h4-22H,3H2,1-2H3/b13-5-,23-4+. The summed E-state index contributed by atoms with van der Waals surface area (Å²) in [4.78, 5) is 10.4. The minimum Gasteiger partial charge on any atom is -0.278 e. The lowest BCUT2D eigenvalue weighted by atomic mass is 10.0. The van der Waals surface area contributed by atoms with Crippen molar-refractivity contribution >= 4 is 38.3 Å². The van der Waals surface area contributed by atoms with E-state index in [1.807, 2.05) is 6.07 Å². The van der Waals surface area contributed by atoms with Crippen LogP contribution in [-0.2, 0) is 0 Å². The topological polar surface area (TPSA) is 30.7 Å². The highest BCUT2D eigenvalue weighted by atomic mass is 15.2. The lowest BCUT2D eigenvalue weighted by molar-refractivity contribution is 1.00. The van der Waals surface area contributed by atoms with Gasteiger partial charge in [-0.3, -0.25) is 4.57 Å². The van der Waals surface area contributed by atoms with Gasteiger partial charge in [0.25, 0.3) is 0 Å². The molecule has 174 valence electrons. The summed E-state index contributed by atoms with van der Waals surface area (Å²) < 4.78 is 2.19. The SMILES string of the molecule is C/C=C(\C=C/CC)c1nc(-n2c3ccccc3c3ccccc32)nc2cc(-c3ccccc3)ccc12. The van der Waals surface area contributed by atoms with E-state index in [0.717, 1.165) is 45.2 Å².